The summed E-state index contributed by atoms with van der Waals surface area (Å²) in [6.07, 6.45) is 7.91. The van der Waals surface area contributed by atoms with Crippen molar-refractivity contribution in [3.8, 4) is 0 Å². The van der Waals surface area contributed by atoms with E-state index in [1.165, 1.54) is 38.5 Å². The van der Waals surface area contributed by atoms with E-state index in [0.717, 1.165) is 12.4 Å². The molecule has 0 saturated heterocycles. The predicted octanol–water partition coefficient (Wildman–Crippen LogP) is 1.84. The van der Waals surface area contributed by atoms with Crippen molar-refractivity contribution in [3.05, 3.63) is 0 Å². The van der Waals surface area contributed by atoms with Gasteiger partial charge in [0.1, 0.15) is 5.84 Å². The summed E-state index contributed by atoms with van der Waals surface area (Å²) in [7, 11) is 0. The van der Waals surface area contributed by atoms with E-state index >= 15 is 0 Å². The lowest BCUT2D eigenvalue weighted by molar-refractivity contribution is 0.572. The molecule has 0 radical (unpaired) electrons. The number of aliphatic imine (C=N–C) groups is 1. The van der Waals surface area contributed by atoms with Gasteiger partial charge in [-0.15, -0.1) is 0 Å². The van der Waals surface area contributed by atoms with Crippen LogP contribution in [0.5, 0.6) is 0 Å². The zero-order chi connectivity index (χ0) is 9.52. The average molecular weight is 183 g/mol. The lowest BCUT2D eigenvalue weighted by atomic mass is 9.99. The van der Waals surface area contributed by atoms with Gasteiger partial charge in [-0.2, -0.15) is 0 Å². The van der Waals surface area contributed by atoms with Crippen molar-refractivity contribution >= 4 is 5.84 Å². The monoisotopic (exact) mass is 183 g/mol. The molecule has 3 nitrogen and oxygen atoms in total. The Morgan fingerprint density at radius 1 is 1.31 bits per heavy atom. The molecule has 0 aliphatic heterocycles. The largest absolute Gasteiger partial charge is 0.312 e. The van der Waals surface area contributed by atoms with Crippen LogP contribution in [0.1, 0.15) is 45.4 Å². The molecule has 0 bridgehead atoms. The summed E-state index contributed by atoms with van der Waals surface area (Å²) in [5, 5.41) is 0. The van der Waals surface area contributed by atoms with E-state index in [1.54, 1.807) is 0 Å². The molecule has 0 aromatic heterocycles. The number of rotatable bonds is 2. The van der Waals surface area contributed by atoms with Crippen LogP contribution >= 0.6 is 0 Å². The van der Waals surface area contributed by atoms with Crippen LogP contribution in [0.2, 0.25) is 0 Å². The molecule has 1 saturated carbocycles. The standard InChI is InChI=1S/C10H21N3/c1-2-12-10(13-11)9-7-5-3-4-6-8-9/h9H,2-8,11H2,1H3,(H,12,13). The van der Waals surface area contributed by atoms with E-state index in [1.807, 2.05) is 6.92 Å². The second kappa shape index (κ2) is 5.97. The fraction of sp³-hybridized carbons (Fsp3) is 0.900. The topological polar surface area (TPSA) is 50.4 Å². The van der Waals surface area contributed by atoms with E-state index in [-0.39, 0.29) is 0 Å². The first-order chi connectivity index (χ1) is 6.38. The zero-order valence-electron chi connectivity index (χ0n) is 8.55. The molecule has 3 heteroatoms. The van der Waals surface area contributed by atoms with Gasteiger partial charge in [0.25, 0.3) is 0 Å². The Morgan fingerprint density at radius 2 is 1.92 bits per heavy atom. The molecular weight excluding hydrogens is 162 g/mol. The van der Waals surface area contributed by atoms with Crippen LogP contribution in [0.4, 0.5) is 0 Å². The minimum absolute atomic E-state index is 0.590. The number of amidine groups is 1. The van der Waals surface area contributed by atoms with Crippen LogP contribution in [0.25, 0.3) is 0 Å². The lowest BCUT2D eigenvalue weighted by Crippen LogP contribution is -2.36. The van der Waals surface area contributed by atoms with Gasteiger partial charge in [-0.25, -0.2) is 5.84 Å². The highest BCUT2D eigenvalue weighted by Crippen LogP contribution is 2.23. The van der Waals surface area contributed by atoms with Gasteiger partial charge < -0.3 is 5.43 Å². The third-order valence-electron chi connectivity index (χ3n) is 2.72. The SMILES string of the molecule is CCN=C(NN)C1CCCCCC1. The summed E-state index contributed by atoms with van der Waals surface area (Å²) in [6, 6.07) is 0. The van der Waals surface area contributed by atoms with Gasteiger partial charge in [0.15, 0.2) is 0 Å². The smallest absolute Gasteiger partial charge is 0.113 e. The first-order valence-corrected chi connectivity index (χ1v) is 5.39. The molecule has 0 spiro atoms. The number of hydrogen-bond donors (Lipinski definition) is 2. The van der Waals surface area contributed by atoms with E-state index in [4.69, 9.17) is 5.84 Å². The average Bonchev–Trinajstić information content (AvgIpc) is 2.42. The van der Waals surface area contributed by atoms with Crippen molar-refractivity contribution in [3.63, 3.8) is 0 Å². The number of nitrogens with two attached hydrogens (primary N) is 1. The molecule has 0 aromatic carbocycles. The third kappa shape index (κ3) is 3.35. The summed E-state index contributed by atoms with van der Waals surface area (Å²) in [5.41, 5.74) is 2.75. The number of nitrogens with one attached hydrogen (secondary N) is 1. The molecule has 0 heterocycles. The van der Waals surface area contributed by atoms with Crippen LogP contribution in [-0.4, -0.2) is 12.4 Å². The van der Waals surface area contributed by atoms with Gasteiger partial charge in [0, 0.05) is 12.5 Å². The summed E-state index contributed by atoms with van der Waals surface area (Å²) < 4.78 is 0. The minimum Gasteiger partial charge on any atom is -0.312 e. The van der Waals surface area contributed by atoms with Crippen LogP contribution in [0, 0.1) is 5.92 Å². The van der Waals surface area contributed by atoms with Gasteiger partial charge in [0.05, 0.1) is 0 Å². The van der Waals surface area contributed by atoms with Crippen LogP contribution < -0.4 is 11.3 Å². The Balaban J connectivity index is 2.50. The molecule has 76 valence electrons. The summed E-state index contributed by atoms with van der Waals surface area (Å²) >= 11 is 0. The van der Waals surface area contributed by atoms with E-state index in [0.29, 0.717) is 5.92 Å². The Labute approximate surface area is 80.8 Å². The molecule has 0 aromatic rings. The van der Waals surface area contributed by atoms with Crippen LogP contribution in [-0.2, 0) is 0 Å². The molecule has 0 amide bonds. The normalized spacial score (nSPS) is 21.2. The van der Waals surface area contributed by atoms with Crippen molar-refractivity contribution in [2.45, 2.75) is 45.4 Å². The second-order valence-corrected chi connectivity index (χ2v) is 3.69. The fourth-order valence-electron chi connectivity index (χ4n) is 2.02. The molecule has 0 atom stereocenters. The van der Waals surface area contributed by atoms with E-state index < -0.39 is 0 Å². The Morgan fingerprint density at radius 3 is 2.38 bits per heavy atom. The lowest BCUT2D eigenvalue weighted by Gasteiger charge is -2.16. The van der Waals surface area contributed by atoms with Crippen molar-refractivity contribution in [2.75, 3.05) is 6.54 Å². The Bertz CT molecular complexity index is 158. The van der Waals surface area contributed by atoms with E-state index in [9.17, 15) is 0 Å². The minimum atomic E-state index is 0.590. The predicted molar refractivity (Wildman–Crippen MR) is 56.5 cm³/mol. The first-order valence-electron chi connectivity index (χ1n) is 5.39. The fourth-order valence-corrected chi connectivity index (χ4v) is 2.02. The Hall–Kier alpha value is -0.570. The molecule has 1 aliphatic carbocycles. The second-order valence-electron chi connectivity index (χ2n) is 3.69. The van der Waals surface area contributed by atoms with E-state index in [2.05, 4.69) is 10.4 Å². The van der Waals surface area contributed by atoms with Crippen molar-refractivity contribution in [2.24, 2.45) is 16.8 Å². The quantitative estimate of drug-likeness (QED) is 0.226. The first kappa shape index (κ1) is 10.5. The summed E-state index contributed by atoms with van der Waals surface area (Å²) in [5.74, 6) is 7.07. The van der Waals surface area contributed by atoms with Crippen LogP contribution in [0.3, 0.4) is 0 Å². The van der Waals surface area contributed by atoms with Gasteiger partial charge in [-0.05, 0) is 19.8 Å². The highest BCUT2D eigenvalue weighted by molar-refractivity contribution is 5.84. The molecule has 3 N–H and O–H groups in total. The van der Waals surface area contributed by atoms with Gasteiger partial charge >= 0.3 is 0 Å². The summed E-state index contributed by atoms with van der Waals surface area (Å²) in [4.78, 5) is 4.39. The molecule has 13 heavy (non-hydrogen) atoms. The maximum Gasteiger partial charge on any atom is 0.113 e. The van der Waals surface area contributed by atoms with Crippen LogP contribution in [0.15, 0.2) is 4.99 Å². The molecular formula is C10H21N3. The molecule has 1 aliphatic rings. The zero-order valence-corrected chi connectivity index (χ0v) is 8.55. The number of hydrazine groups is 1. The maximum absolute atomic E-state index is 5.46. The van der Waals surface area contributed by atoms with Gasteiger partial charge in [-0.3, -0.25) is 4.99 Å². The highest BCUT2D eigenvalue weighted by atomic mass is 15.3. The maximum atomic E-state index is 5.46. The molecule has 1 rings (SSSR count). The Kier molecular flexibility index (Phi) is 4.83. The summed E-state index contributed by atoms with van der Waals surface area (Å²) in [6.45, 7) is 2.88. The van der Waals surface area contributed by atoms with Crippen molar-refractivity contribution < 1.29 is 0 Å². The van der Waals surface area contributed by atoms with Gasteiger partial charge in [0.2, 0.25) is 0 Å². The molecule has 0 unspecified atom stereocenters. The molecule has 1 fully saturated rings. The van der Waals surface area contributed by atoms with Crippen molar-refractivity contribution in [1.82, 2.24) is 5.43 Å². The van der Waals surface area contributed by atoms with Crippen molar-refractivity contribution in [1.29, 1.82) is 0 Å². The van der Waals surface area contributed by atoms with Gasteiger partial charge in [-0.1, -0.05) is 25.7 Å². The highest BCUT2D eigenvalue weighted by Gasteiger charge is 2.16. The third-order valence-corrected chi connectivity index (χ3v) is 2.72. The number of hydrogen-bond acceptors (Lipinski definition) is 2. The number of nitrogens with zero attached hydrogens (tertiary/aromatic N) is 1.